The third kappa shape index (κ3) is 3.26. The molecule has 2 aromatic rings. The van der Waals surface area contributed by atoms with Gasteiger partial charge in [0.1, 0.15) is 6.10 Å². The van der Waals surface area contributed by atoms with Crippen LogP contribution in [0.3, 0.4) is 0 Å². The van der Waals surface area contributed by atoms with Gasteiger partial charge in [0.25, 0.3) is 5.88 Å². The highest BCUT2D eigenvalue weighted by atomic mass is 32.2. The van der Waals surface area contributed by atoms with E-state index in [9.17, 15) is 4.39 Å². The maximum Gasteiger partial charge on any atom is 0.250 e. The van der Waals surface area contributed by atoms with Crippen molar-refractivity contribution in [3.63, 3.8) is 0 Å². The van der Waals surface area contributed by atoms with Gasteiger partial charge in [0.15, 0.2) is 5.82 Å². The van der Waals surface area contributed by atoms with Crippen molar-refractivity contribution in [3.05, 3.63) is 53.7 Å². The molecule has 0 aromatic carbocycles. The number of pyridine rings is 2. The Labute approximate surface area is 145 Å². The van der Waals surface area contributed by atoms with Crippen LogP contribution < -0.4 is 4.74 Å². The second-order valence-corrected chi connectivity index (χ2v) is 8.13. The molecule has 2 aliphatic rings. The Hall–Kier alpha value is -1.66. The van der Waals surface area contributed by atoms with Gasteiger partial charge in [0, 0.05) is 48.4 Å². The minimum Gasteiger partial charge on any atom is -0.471 e. The Balaban J connectivity index is 1.31. The SMILES string of the molecule is Cc1cccc(CN2CC3(C[C@H](Oc4ncccc4F)CS3)C2)n1. The molecule has 4 heterocycles. The minimum absolute atomic E-state index is 0.0404. The van der Waals surface area contributed by atoms with Crippen molar-refractivity contribution in [2.45, 2.75) is 30.7 Å². The standard InChI is InChI=1S/C18H20FN3OS/c1-13-4-2-5-14(21-13)9-22-11-18(12-22)8-15(10-24-18)23-17-16(19)6-3-7-20-17/h2-7,15H,8-12H2,1H3/t15-/m0/s1. The second kappa shape index (κ2) is 6.33. The topological polar surface area (TPSA) is 38.2 Å². The lowest BCUT2D eigenvalue weighted by atomic mass is 9.93. The van der Waals surface area contributed by atoms with E-state index in [-0.39, 0.29) is 22.5 Å². The first-order valence-corrected chi connectivity index (χ1v) is 9.16. The molecule has 0 radical (unpaired) electrons. The van der Waals surface area contributed by atoms with E-state index < -0.39 is 0 Å². The molecular formula is C18H20FN3OS. The van der Waals surface area contributed by atoms with Crippen LogP contribution in [-0.2, 0) is 6.54 Å². The van der Waals surface area contributed by atoms with Crippen LogP contribution in [0.2, 0.25) is 0 Å². The van der Waals surface area contributed by atoms with Crippen LogP contribution in [-0.4, -0.2) is 44.6 Å². The van der Waals surface area contributed by atoms with Crippen molar-refractivity contribution < 1.29 is 9.13 Å². The maximum absolute atomic E-state index is 13.7. The molecule has 1 spiro atoms. The summed E-state index contributed by atoms with van der Waals surface area (Å²) >= 11 is 1.94. The number of likely N-dealkylation sites (tertiary alicyclic amines) is 1. The van der Waals surface area contributed by atoms with Crippen molar-refractivity contribution in [1.29, 1.82) is 0 Å². The number of halogens is 1. The fourth-order valence-electron chi connectivity index (χ4n) is 3.51. The van der Waals surface area contributed by atoms with Crippen molar-refractivity contribution in [2.75, 3.05) is 18.8 Å². The largest absolute Gasteiger partial charge is 0.471 e. The molecule has 24 heavy (non-hydrogen) atoms. The summed E-state index contributed by atoms with van der Waals surface area (Å²) in [6.07, 6.45) is 2.56. The second-order valence-electron chi connectivity index (χ2n) is 6.64. The van der Waals surface area contributed by atoms with Gasteiger partial charge in [0.2, 0.25) is 0 Å². The number of ether oxygens (including phenoxy) is 1. The van der Waals surface area contributed by atoms with Crippen molar-refractivity contribution in [2.24, 2.45) is 0 Å². The average Bonchev–Trinajstić information content (AvgIpc) is 2.93. The molecule has 2 aromatic heterocycles. The van der Waals surface area contributed by atoms with Crippen LogP contribution in [0.5, 0.6) is 5.88 Å². The van der Waals surface area contributed by atoms with Crippen molar-refractivity contribution >= 4 is 11.8 Å². The number of nitrogens with zero attached hydrogens (tertiary/aromatic N) is 3. The van der Waals surface area contributed by atoms with Gasteiger partial charge in [-0.2, -0.15) is 0 Å². The lowest BCUT2D eigenvalue weighted by molar-refractivity contribution is 0.0885. The zero-order valence-corrected chi connectivity index (χ0v) is 14.4. The van der Waals surface area contributed by atoms with Crippen molar-refractivity contribution in [1.82, 2.24) is 14.9 Å². The van der Waals surface area contributed by atoms with Gasteiger partial charge >= 0.3 is 0 Å². The smallest absolute Gasteiger partial charge is 0.250 e. The first kappa shape index (κ1) is 15.8. The van der Waals surface area contributed by atoms with Crippen LogP contribution in [0.1, 0.15) is 17.8 Å². The zero-order chi connectivity index (χ0) is 16.6. The Bertz CT molecular complexity index is 736. The molecule has 0 saturated carbocycles. The molecule has 4 nitrogen and oxygen atoms in total. The van der Waals surface area contributed by atoms with Crippen LogP contribution in [0.25, 0.3) is 0 Å². The minimum atomic E-state index is -0.385. The highest BCUT2D eigenvalue weighted by molar-refractivity contribution is 8.01. The van der Waals surface area contributed by atoms with Gasteiger partial charge < -0.3 is 4.74 Å². The fraction of sp³-hybridized carbons (Fsp3) is 0.444. The molecule has 0 unspecified atom stereocenters. The summed E-state index contributed by atoms with van der Waals surface area (Å²) in [6, 6.07) is 9.13. The summed E-state index contributed by atoms with van der Waals surface area (Å²) in [5, 5.41) is 0. The summed E-state index contributed by atoms with van der Waals surface area (Å²) in [4.78, 5) is 11.0. The molecular weight excluding hydrogens is 325 g/mol. The molecule has 4 rings (SSSR count). The maximum atomic E-state index is 13.7. The van der Waals surface area contributed by atoms with Gasteiger partial charge in [-0.1, -0.05) is 6.07 Å². The first-order valence-electron chi connectivity index (χ1n) is 8.18. The number of hydrogen-bond donors (Lipinski definition) is 0. The van der Waals surface area contributed by atoms with Crippen LogP contribution in [0, 0.1) is 12.7 Å². The van der Waals surface area contributed by atoms with E-state index in [0.717, 1.165) is 43.2 Å². The van der Waals surface area contributed by atoms with E-state index in [4.69, 9.17) is 4.74 Å². The van der Waals surface area contributed by atoms with Crippen LogP contribution in [0.15, 0.2) is 36.5 Å². The summed E-state index contributed by atoms with van der Waals surface area (Å²) in [5.74, 6) is 0.636. The van der Waals surface area contributed by atoms with E-state index in [1.807, 2.05) is 24.8 Å². The fourth-order valence-corrected chi connectivity index (χ4v) is 5.09. The van der Waals surface area contributed by atoms with Gasteiger partial charge in [-0.25, -0.2) is 9.37 Å². The molecule has 0 bridgehead atoms. The lowest BCUT2D eigenvalue weighted by Crippen LogP contribution is -2.58. The third-order valence-electron chi connectivity index (χ3n) is 4.53. The third-order valence-corrected chi connectivity index (χ3v) is 6.11. The first-order chi connectivity index (χ1) is 11.6. The van der Waals surface area contributed by atoms with Gasteiger partial charge in [-0.3, -0.25) is 9.88 Å². The number of aryl methyl sites for hydroxylation is 1. The molecule has 2 fully saturated rings. The van der Waals surface area contributed by atoms with E-state index in [0.29, 0.717) is 0 Å². The van der Waals surface area contributed by atoms with Crippen LogP contribution >= 0.6 is 11.8 Å². The normalized spacial score (nSPS) is 22.5. The summed E-state index contributed by atoms with van der Waals surface area (Å²) in [7, 11) is 0. The monoisotopic (exact) mass is 345 g/mol. The molecule has 2 saturated heterocycles. The number of thioether (sulfide) groups is 1. The number of aromatic nitrogens is 2. The molecule has 2 aliphatic heterocycles. The highest BCUT2D eigenvalue weighted by Gasteiger charge is 2.49. The molecule has 0 N–H and O–H groups in total. The van der Waals surface area contributed by atoms with Crippen LogP contribution in [0.4, 0.5) is 4.39 Å². The van der Waals surface area contributed by atoms with E-state index >= 15 is 0 Å². The van der Waals surface area contributed by atoms with E-state index in [2.05, 4.69) is 27.0 Å². The quantitative estimate of drug-likeness (QED) is 0.851. The summed E-state index contributed by atoms with van der Waals surface area (Å²) < 4.78 is 19.7. The van der Waals surface area contributed by atoms with Gasteiger partial charge in [0.05, 0.1) is 5.69 Å². The predicted octanol–water partition coefficient (Wildman–Crippen LogP) is 3.06. The molecule has 0 amide bonds. The summed E-state index contributed by atoms with van der Waals surface area (Å²) in [5.41, 5.74) is 2.18. The Morgan fingerprint density at radius 3 is 3.00 bits per heavy atom. The lowest BCUT2D eigenvalue weighted by Gasteiger charge is -2.47. The molecule has 126 valence electrons. The molecule has 6 heteroatoms. The zero-order valence-electron chi connectivity index (χ0n) is 13.6. The number of rotatable bonds is 4. The van der Waals surface area contributed by atoms with E-state index in [1.54, 1.807) is 12.3 Å². The highest BCUT2D eigenvalue weighted by Crippen LogP contribution is 2.46. The predicted molar refractivity (Wildman–Crippen MR) is 92.7 cm³/mol. The summed E-state index contributed by atoms with van der Waals surface area (Å²) in [6.45, 7) is 4.99. The number of hydrogen-bond acceptors (Lipinski definition) is 5. The molecule has 0 aliphatic carbocycles. The van der Waals surface area contributed by atoms with Crippen molar-refractivity contribution in [3.8, 4) is 5.88 Å². The van der Waals surface area contributed by atoms with Gasteiger partial charge in [-0.05, 0) is 31.2 Å². The molecule has 1 atom stereocenters. The van der Waals surface area contributed by atoms with E-state index in [1.165, 1.54) is 6.07 Å². The Kier molecular flexibility index (Phi) is 4.18. The average molecular weight is 345 g/mol. The Morgan fingerprint density at radius 1 is 1.33 bits per heavy atom. The Morgan fingerprint density at radius 2 is 2.21 bits per heavy atom. The van der Waals surface area contributed by atoms with Gasteiger partial charge in [-0.15, -0.1) is 11.8 Å².